The molecule has 7 rings (SSSR count). The van der Waals surface area contributed by atoms with E-state index in [9.17, 15) is 19.8 Å². The Morgan fingerprint density at radius 2 is 1.65 bits per heavy atom. The third-order valence-electron chi connectivity index (χ3n) is 17.3. The highest BCUT2D eigenvalue weighted by molar-refractivity contribution is 5.66. The number of esters is 1. The second-order valence-electron chi connectivity index (χ2n) is 19.7. The van der Waals surface area contributed by atoms with Crippen LogP contribution in [0.3, 0.4) is 0 Å². The molecule has 8 heteroatoms. The summed E-state index contributed by atoms with van der Waals surface area (Å²) in [5.74, 6) is -0.712. The fraction of sp³-hybridized carbons (Fsp3) is 0.739. The lowest BCUT2D eigenvalue weighted by Crippen LogP contribution is -2.61. The van der Waals surface area contributed by atoms with Gasteiger partial charge in [-0.1, -0.05) is 59.4 Å². The van der Waals surface area contributed by atoms with E-state index in [1.165, 1.54) is 12.5 Å². The van der Waals surface area contributed by atoms with Gasteiger partial charge in [-0.3, -0.25) is 4.79 Å². The maximum absolute atomic E-state index is 12.5. The molecule has 2 heterocycles. The Morgan fingerprint density at radius 1 is 0.981 bits per heavy atom. The van der Waals surface area contributed by atoms with Gasteiger partial charge in [0.25, 0.3) is 0 Å². The summed E-state index contributed by atoms with van der Waals surface area (Å²) in [7, 11) is 0. The molecule has 0 aromatic carbocycles. The SMILES string of the molecule is C=C[C@@H]1C[C@H]([C@@H](OC(C)=O)C(C)(C)O)OC2=C1[C@@]1(C)CC[C@@]34[C@H](C)[C@@]35CC[C@H](O[C@]3(C=C)OC[C@H](O)[C@H](C)[C@H]3C=O)C(C)(C)[C@@H]5CC[C@H]4[C@]1(C=C)[C@H]2C=C. The van der Waals surface area contributed by atoms with Gasteiger partial charge >= 0.3 is 5.97 Å². The number of carbonyl (C=O) groups excluding carboxylic acids is 2. The van der Waals surface area contributed by atoms with Crippen LogP contribution in [0.1, 0.15) is 100 Å². The predicted octanol–water partition coefficient (Wildman–Crippen LogP) is 7.90. The molecular formula is C46H66O8. The van der Waals surface area contributed by atoms with Gasteiger partial charge in [-0.2, -0.15) is 0 Å². The monoisotopic (exact) mass is 746 g/mol. The molecule has 2 aliphatic heterocycles. The minimum atomic E-state index is -1.31. The summed E-state index contributed by atoms with van der Waals surface area (Å²) in [6.45, 7) is 33.9. The second kappa shape index (κ2) is 12.7. The molecular weight excluding hydrogens is 680 g/mol. The van der Waals surface area contributed by atoms with Crippen molar-refractivity contribution in [2.75, 3.05) is 6.61 Å². The quantitative estimate of drug-likeness (QED) is 0.101. The molecule has 0 amide bonds. The maximum Gasteiger partial charge on any atom is 0.303 e. The van der Waals surface area contributed by atoms with Crippen LogP contribution in [0.4, 0.5) is 0 Å². The van der Waals surface area contributed by atoms with Crippen molar-refractivity contribution in [1.29, 1.82) is 0 Å². The summed E-state index contributed by atoms with van der Waals surface area (Å²) in [6.07, 6.45) is 13.2. The zero-order valence-corrected chi connectivity index (χ0v) is 34.1. The third kappa shape index (κ3) is 4.75. The zero-order valence-electron chi connectivity index (χ0n) is 34.1. The Labute approximate surface area is 323 Å². The zero-order chi connectivity index (χ0) is 39.6. The molecule has 5 aliphatic carbocycles. The number of aliphatic hydroxyl groups excluding tert-OH is 1. The van der Waals surface area contributed by atoms with Crippen molar-refractivity contribution in [2.24, 2.45) is 68.5 Å². The molecule has 4 saturated carbocycles. The maximum atomic E-state index is 12.5. The first-order valence-electron chi connectivity index (χ1n) is 20.6. The van der Waals surface area contributed by atoms with E-state index in [2.05, 4.69) is 66.2 Å². The average molecular weight is 747 g/mol. The van der Waals surface area contributed by atoms with E-state index in [4.69, 9.17) is 18.9 Å². The lowest BCUT2D eigenvalue weighted by molar-refractivity contribution is -0.316. The number of hydrogen-bond donors (Lipinski definition) is 2. The Bertz CT molecular complexity index is 1640. The molecule has 16 atom stereocenters. The third-order valence-corrected chi connectivity index (χ3v) is 17.3. The van der Waals surface area contributed by atoms with Gasteiger partial charge in [0.2, 0.25) is 0 Å². The van der Waals surface area contributed by atoms with Crippen molar-refractivity contribution in [3.05, 3.63) is 62.0 Å². The van der Waals surface area contributed by atoms with Crippen LogP contribution in [0.25, 0.3) is 0 Å². The van der Waals surface area contributed by atoms with E-state index in [0.717, 1.165) is 50.6 Å². The number of carbonyl (C=O) groups is 2. The molecule has 0 unspecified atom stereocenters. The van der Waals surface area contributed by atoms with Crippen molar-refractivity contribution in [3.8, 4) is 0 Å². The van der Waals surface area contributed by atoms with Crippen LogP contribution < -0.4 is 0 Å². The fourth-order valence-corrected chi connectivity index (χ4v) is 15.0. The molecule has 5 fully saturated rings. The predicted molar refractivity (Wildman–Crippen MR) is 207 cm³/mol. The van der Waals surface area contributed by atoms with E-state index in [1.54, 1.807) is 19.9 Å². The summed E-state index contributed by atoms with van der Waals surface area (Å²) in [4.78, 5) is 24.8. The topological polar surface area (TPSA) is 112 Å². The van der Waals surface area contributed by atoms with Crippen molar-refractivity contribution in [3.63, 3.8) is 0 Å². The fourth-order valence-electron chi connectivity index (χ4n) is 15.0. The van der Waals surface area contributed by atoms with Crippen molar-refractivity contribution in [1.82, 2.24) is 0 Å². The van der Waals surface area contributed by atoms with Crippen LogP contribution in [0, 0.1) is 68.5 Å². The largest absolute Gasteiger partial charge is 0.490 e. The highest BCUT2D eigenvalue weighted by Gasteiger charge is 2.87. The number of aldehydes is 1. The van der Waals surface area contributed by atoms with E-state index in [0.29, 0.717) is 24.2 Å². The molecule has 2 N–H and O–H groups in total. The summed E-state index contributed by atoms with van der Waals surface area (Å²) in [6, 6.07) is 0. The van der Waals surface area contributed by atoms with Crippen molar-refractivity contribution in [2.45, 2.75) is 136 Å². The molecule has 8 nitrogen and oxygen atoms in total. The first-order chi connectivity index (χ1) is 25.3. The first kappa shape index (κ1) is 39.7. The lowest BCUT2D eigenvalue weighted by atomic mass is 9.40. The Balaban J connectivity index is 1.25. The van der Waals surface area contributed by atoms with Gasteiger partial charge in [0.1, 0.15) is 18.1 Å². The van der Waals surface area contributed by atoms with Gasteiger partial charge in [0.15, 0.2) is 11.9 Å². The van der Waals surface area contributed by atoms with Gasteiger partial charge in [0.05, 0.1) is 30.3 Å². The van der Waals surface area contributed by atoms with Crippen LogP contribution in [-0.2, 0) is 28.5 Å². The highest BCUT2D eigenvalue weighted by atomic mass is 16.7. The second-order valence-corrected chi connectivity index (χ2v) is 19.7. The normalized spacial score (nSPS) is 49.3. The lowest BCUT2D eigenvalue weighted by Gasteiger charge is -2.64. The van der Waals surface area contributed by atoms with Crippen LogP contribution >= 0.6 is 0 Å². The number of hydrogen-bond acceptors (Lipinski definition) is 8. The minimum Gasteiger partial charge on any atom is -0.490 e. The van der Waals surface area contributed by atoms with E-state index in [-0.39, 0.29) is 57.5 Å². The minimum absolute atomic E-state index is 0.0193. The summed E-state index contributed by atoms with van der Waals surface area (Å²) in [5, 5.41) is 21.8. The molecule has 0 radical (unpaired) electrons. The number of fused-ring (bicyclic) bond motifs is 3. The molecule has 0 aromatic rings. The molecule has 7 aliphatic rings. The number of ether oxygens (including phenoxy) is 4. The highest BCUT2D eigenvalue weighted by Crippen LogP contribution is 2.92. The Hall–Kier alpha value is -2.52. The van der Waals surface area contributed by atoms with Gasteiger partial charge < -0.3 is 34.0 Å². The van der Waals surface area contributed by atoms with Gasteiger partial charge in [-0.25, -0.2) is 0 Å². The van der Waals surface area contributed by atoms with Gasteiger partial charge in [0, 0.05) is 29.6 Å². The number of aliphatic hydroxyl groups is 2. The van der Waals surface area contributed by atoms with Crippen LogP contribution in [0.2, 0.25) is 0 Å². The summed E-state index contributed by atoms with van der Waals surface area (Å²) >= 11 is 0. The smallest absolute Gasteiger partial charge is 0.303 e. The molecule has 0 aromatic heterocycles. The van der Waals surface area contributed by atoms with E-state index >= 15 is 0 Å². The Morgan fingerprint density at radius 3 is 2.22 bits per heavy atom. The molecule has 1 saturated heterocycles. The summed E-state index contributed by atoms with van der Waals surface area (Å²) in [5.41, 5.74) is -0.635. The van der Waals surface area contributed by atoms with Crippen LogP contribution in [-0.4, -0.2) is 64.9 Å². The first-order valence-corrected chi connectivity index (χ1v) is 20.6. The number of rotatable bonds is 10. The standard InChI is InChI=1S/C46H66O8/c1-13-29-23-33(39(41(10,11)50)52-28(7)48)53-38-30(14-2)43(15-3)35-18-17-34-40(8,9)36(54-46(16-4)31(24-47)26(5)32(49)25-51-46)19-20-44(34)27(6)45(35,44)22-21-42(43,12)37(29)38/h13-16,24,26-27,29-36,39,49-50H,1-4,17-23,25H2,5-12H3/t26-,27-,29-,30+,31-,32+,33-,34+,35+,36+,39-,42-,43+,44-,45+,46+/m1/s1. The van der Waals surface area contributed by atoms with Gasteiger partial charge in [-0.15, -0.1) is 19.7 Å². The molecule has 0 bridgehead atoms. The molecule has 2 spiro atoms. The summed E-state index contributed by atoms with van der Waals surface area (Å²) < 4.78 is 26.1. The average Bonchev–Trinajstić information content (AvgIpc) is 3.56. The van der Waals surface area contributed by atoms with Crippen LogP contribution in [0.15, 0.2) is 62.0 Å². The van der Waals surface area contributed by atoms with E-state index < -0.39 is 41.6 Å². The molecule has 298 valence electrons. The van der Waals surface area contributed by atoms with Crippen LogP contribution in [0.5, 0.6) is 0 Å². The van der Waals surface area contributed by atoms with E-state index in [1.807, 2.05) is 13.0 Å². The van der Waals surface area contributed by atoms with Crippen molar-refractivity contribution >= 4 is 12.3 Å². The number of allylic oxidation sites excluding steroid dienone is 4. The van der Waals surface area contributed by atoms with Crippen molar-refractivity contribution < 1.29 is 38.7 Å². The van der Waals surface area contributed by atoms with Gasteiger partial charge in [-0.05, 0) is 110 Å². The Kier molecular flexibility index (Phi) is 9.37. The molecule has 54 heavy (non-hydrogen) atoms.